The Kier molecular flexibility index (Phi) is 3.62. The largest absolute Gasteiger partial charge is 0.331 e. The van der Waals surface area contributed by atoms with Gasteiger partial charge in [-0.05, 0) is 19.1 Å². The molecule has 2 heterocycles. The van der Waals surface area contributed by atoms with Crippen LogP contribution in [0.25, 0.3) is 0 Å². The van der Waals surface area contributed by atoms with E-state index in [1.54, 1.807) is 18.3 Å². The summed E-state index contributed by atoms with van der Waals surface area (Å²) in [4.78, 5) is 27.7. The van der Waals surface area contributed by atoms with Crippen molar-refractivity contribution in [2.24, 2.45) is 0 Å². The number of rotatable bonds is 3. The minimum atomic E-state index is -0.341. The third-order valence-corrected chi connectivity index (χ3v) is 2.81. The van der Waals surface area contributed by atoms with Gasteiger partial charge in [-0.3, -0.25) is 14.3 Å². The van der Waals surface area contributed by atoms with Crippen molar-refractivity contribution in [3.63, 3.8) is 0 Å². The fraction of sp³-hybridized carbons (Fsp3) is 0.250. The van der Waals surface area contributed by atoms with E-state index in [0.717, 1.165) is 4.57 Å². The summed E-state index contributed by atoms with van der Waals surface area (Å²) >= 11 is 5.84. The monoisotopic (exact) mass is 265 g/mol. The van der Waals surface area contributed by atoms with Crippen LogP contribution < -0.4 is 11.2 Å². The van der Waals surface area contributed by atoms with Crippen molar-refractivity contribution >= 4 is 11.6 Å². The molecule has 2 aromatic heterocycles. The van der Waals surface area contributed by atoms with Crippen LogP contribution in [0.15, 0.2) is 40.2 Å². The van der Waals surface area contributed by atoms with Crippen LogP contribution in [0.5, 0.6) is 0 Å². The number of hydrogen-bond acceptors (Lipinski definition) is 3. The smallest absolute Gasteiger partial charge is 0.301 e. The van der Waals surface area contributed by atoms with Gasteiger partial charge in [0.15, 0.2) is 0 Å². The molecule has 0 N–H and O–H groups in total. The summed E-state index contributed by atoms with van der Waals surface area (Å²) in [5, 5.41) is 0.528. The SMILES string of the molecule is CCn1ccc(=O)n(Cc2cc(Cl)ccn2)c1=O. The lowest BCUT2D eigenvalue weighted by Gasteiger charge is -2.07. The molecule has 18 heavy (non-hydrogen) atoms. The molecule has 0 radical (unpaired) electrons. The Bertz CT molecular complexity index is 676. The molecule has 0 aliphatic rings. The van der Waals surface area contributed by atoms with Crippen LogP contribution in [0, 0.1) is 0 Å². The van der Waals surface area contributed by atoms with Gasteiger partial charge in [0, 0.05) is 30.0 Å². The first-order valence-electron chi connectivity index (χ1n) is 5.52. The first kappa shape index (κ1) is 12.6. The van der Waals surface area contributed by atoms with Crippen LogP contribution in [0.2, 0.25) is 5.02 Å². The number of halogens is 1. The summed E-state index contributed by atoms with van der Waals surface area (Å²) in [7, 11) is 0. The molecule has 94 valence electrons. The standard InChI is InChI=1S/C12H12ClN3O2/c1-2-15-6-4-11(17)16(12(15)18)8-10-7-9(13)3-5-14-10/h3-7H,2,8H2,1H3. The Morgan fingerprint density at radius 3 is 2.78 bits per heavy atom. The van der Waals surface area contributed by atoms with Gasteiger partial charge in [0.25, 0.3) is 5.56 Å². The number of hydrogen-bond donors (Lipinski definition) is 0. The van der Waals surface area contributed by atoms with Gasteiger partial charge >= 0.3 is 5.69 Å². The molecule has 5 nitrogen and oxygen atoms in total. The Labute approximate surface area is 108 Å². The van der Waals surface area contributed by atoms with E-state index >= 15 is 0 Å². The maximum absolute atomic E-state index is 12.0. The third-order valence-electron chi connectivity index (χ3n) is 2.58. The molecule has 0 aromatic carbocycles. The Hall–Kier alpha value is -1.88. The predicted octanol–water partition coefficient (Wildman–Crippen LogP) is 1.13. The Balaban J connectivity index is 2.46. The van der Waals surface area contributed by atoms with Crippen LogP contribution in [0.3, 0.4) is 0 Å². The molecule has 0 aliphatic heterocycles. The summed E-state index contributed by atoms with van der Waals surface area (Å²) < 4.78 is 2.61. The molecule has 2 rings (SSSR count). The zero-order valence-corrected chi connectivity index (χ0v) is 10.6. The van der Waals surface area contributed by atoms with Gasteiger partial charge in [-0.15, -0.1) is 0 Å². The average molecular weight is 266 g/mol. The highest BCUT2D eigenvalue weighted by molar-refractivity contribution is 6.30. The van der Waals surface area contributed by atoms with Crippen LogP contribution in [0.4, 0.5) is 0 Å². The van der Waals surface area contributed by atoms with Crippen molar-refractivity contribution in [1.29, 1.82) is 0 Å². The molecule has 0 bridgehead atoms. The summed E-state index contributed by atoms with van der Waals surface area (Å²) in [6.45, 7) is 2.48. The molecule has 0 fully saturated rings. The van der Waals surface area contributed by atoms with Crippen molar-refractivity contribution in [3.05, 3.63) is 62.1 Å². The van der Waals surface area contributed by atoms with E-state index in [9.17, 15) is 9.59 Å². The Morgan fingerprint density at radius 2 is 2.11 bits per heavy atom. The van der Waals surface area contributed by atoms with Gasteiger partial charge in [-0.1, -0.05) is 11.6 Å². The van der Waals surface area contributed by atoms with Crippen LogP contribution in [-0.2, 0) is 13.1 Å². The lowest BCUT2D eigenvalue weighted by molar-refractivity contribution is 0.594. The number of aryl methyl sites for hydroxylation is 1. The lowest BCUT2D eigenvalue weighted by Crippen LogP contribution is -2.39. The highest BCUT2D eigenvalue weighted by atomic mass is 35.5. The highest BCUT2D eigenvalue weighted by Crippen LogP contribution is 2.07. The topological polar surface area (TPSA) is 56.9 Å². The van der Waals surface area contributed by atoms with E-state index in [2.05, 4.69) is 4.98 Å². The minimum absolute atomic E-state index is 0.124. The third kappa shape index (κ3) is 2.51. The van der Waals surface area contributed by atoms with E-state index in [1.807, 2.05) is 6.92 Å². The fourth-order valence-corrected chi connectivity index (χ4v) is 1.82. The summed E-state index contributed by atoms with van der Waals surface area (Å²) in [6, 6.07) is 4.65. The zero-order valence-electron chi connectivity index (χ0n) is 9.84. The van der Waals surface area contributed by atoms with E-state index in [1.165, 1.54) is 16.8 Å². The van der Waals surface area contributed by atoms with E-state index in [-0.39, 0.29) is 17.8 Å². The number of nitrogens with zero attached hydrogens (tertiary/aromatic N) is 3. The molecule has 0 saturated carbocycles. The van der Waals surface area contributed by atoms with E-state index in [4.69, 9.17) is 11.6 Å². The maximum atomic E-state index is 12.0. The Morgan fingerprint density at radius 1 is 1.33 bits per heavy atom. The maximum Gasteiger partial charge on any atom is 0.331 e. The van der Waals surface area contributed by atoms with Crippen LogP contribution in [-0.4, -0.2) is 14.1 Å². The number of pyridine rings is 1. The lowest BCUT2D eigenvalue weighted by atomic mass is 10.3. The first-order valence-corrected chi connectivity index (χ1v) is 5.90. The quantitative estimate of drug-likeness (QED) is 0.836. The van der Waals surface area contributed by atoms with Gasteiger partial charge < -0.3 is 4.57 Å². The second-order valence-electron chi connectivity index (χ2n) is 3.77. The first-order chi connectivity index (χ1) is 8.61. The van der Waals surface area contributed by atoms with Gasteiger partial charge in [-0.2, -0.15) is 0 Å². The second-order valence-corrected chi connectivity index (χ2v) is 4.21. The van der Waals surface area contributed by atoms with Gasteiger partial charge in [0.1, 0.15) is 0 Å². The van der Waals surface area contributed by atoms with Crippen molar-refractivity contribution < 1.29 is 0 Å². The van der Waals surface area contributed by atoms with Crippen LogP contribution >= 0.6 is 11.6 Å². The second kappa shape index (κ2) is 5.18. The van der Waals surface area contributed by atoms with Gasteiger partial charge in [-0.25, -0.2) is 4.79 Å². The summed E-state index contributed by atoms with van der Waals surface area (Å²) in [5.74, 6) is 0. The fourth-order valence-electron chi connectivity index (χ4n) is 1.64. The molecule has 0 aliphatic carbocycles. The summed E-state index contributed by atoms with van der Waals surface area (Å²) in [6.07, 6.45) is 3.04. The predicted molar refractivity (Wildman–Crippen MR) is 69.0 cm³/mol. The molecular formula is C12H12ClN3O2. The molecule has 0 spiro atoms. The molecule has 0 atom stereocenters. The average Bonchev–Trinajstić information content (AvgIpc) is 2.35. The van der Waals surface area contributed by atoms with Crippen molar-refractivity contribution in [2.45, 2.75) is 20.0 Å². The molecule has 2 aromatic rings. The van der Waals surface area contributed by atoms with Crippen molar-refractivity contribution in [1.82, 2.24) is 14.1 Å². The molecule has 0 saturated heterocycles. The minimum Gasteiger partial charge on any atom is -0.301 e. The zero-order chi connectivity index (χ0) is 13.1. The van der Waals surface area contributed by atoms with Crippen LogP contribution in [0.1, 0.15) is 12.6 Å². The van der Waals surface area contributed by atoms with Crippen molar-refractivity contribution in [2.75, 3.05) is 0 Å². The summed E-state index contributed by atoms with van der Waals surface area (Å²) in [5.41, 5.74) is -0.103. The molecule has 0 amide bonds. The van der Waals surface area contributed by atoms with Gasteiger partial charge in [0.05, 0.1) is 12.2 Å². The van der Waals surface area contributed by atoms with E-state index in [0.29, 0.717) is 17.3 Å². The highest BCUT2D eigenvalue weighted by Gasteiger charge is 2.06. The number of aromatic nitrogens is 3. The molecule has 6 heteroatoms. The normalized spacial score (nSPS) is 10.6. The van der Waals surface area contributed by atoms with Gasteiger partial charge in [0.2, 0.25) is 0 Å². The molecule has 0 unspecified atom stereocenters. The molecular weight excluding hydrogens is 254 g/mol. The van der Waals surface area contributed by atoms with Crippen molar-refractivity contribution in [3.8, 4) is 0 Å². The van der Waals surface area contributed by atoms with E-state index < -0.39 is 0 Å².